The zero-order chi connectivity index (χ0) is 9.83. The van der Waals surface area contributed by atoms with E-state index in [4.69, 9.17) is 5.41 Å². The zero-order valence-electron chi connectivity index (χ0n) is 8.99. The van der Waals surface area contributed by atoms with Crippen molar-refractivity contribution in [2.45, 2.75) is 46.6 Å². The molecule has 2 nitrogen and oxygen atoms in total. The van der Waals surface area contributed by atoms with Gasteiger partial charge in [-0.2, -0.15) is 0 Å². The van der Waals surface area contributed by atoms with Crippen molar-refractivity contribution in [3.63, 3.8) is 0 Å². The molecule has 0 rings (SSSR count). The summed E-state index contributed by atoms with van der Waals surface area (Å²) < 4.78 is 0. The first kappa shape index (κ1) is 11.6. The Hall–Kier alpha value is -0.370. The minimum absolute atomic E-state index is 0.00472. The van der Waals surface area contributed by atoms with Gasteiger partial charge in [0.15, 0.2) is 0 Å². The second-order valence-corrected chi connectivity index (χ2v) is 4.42. The Morgan fingerprint density at radius 2 is 1.75 bits per heavy atom. The maximum atomic E-state index is 7.33. The van der Waals surface area contributed by atoms with Crippen LogP contribution in [0.2, 0.25) is 0 Å². The molecule has 0 aromatic carbocycles. The zero-order valence-corrected chi connectivity index (χ0v) is 8.99. The predicted molar refractivity (Wildman–Crippen MR) is 54.9 cm³/mol. The first-order chi connectivity index (χ1) is 5.37. The van der Waals surface area contributed by atoms with E-state index >= 15 is 0 Å². The Balaban J connectivity index is 4.27. The molecule has 0 spiro atoms. The summed E-state index contributed by atoms with van der Waals surface area (Å²) in [5.41, 5.74) is -0.0765. The molecule has 2 N–H and O–H groups in total. The number of hydrogen-bond donors (Lipinski definition) is 2. The fraction of sp³-hybridized carbons (Fsp3) is 0.900. The van der Waals surface area contributed by atoms with E-state index in [0.29, 0.717) is 0 Å². The number of hydrogen-bond acceptors (Lipinski definition) is 2. The average Bonchev–Trinajstić information content (AvgIpc) is 2.00. The van der Waals surface area contributed by atoms with Crippen LogP contribution in [0.1, 0.15) is 41.0 Å². The van der Waals surface area contributed by atoms with E-state index in [1.807, 2.05) is 0 Å². The highest BCUT2D eigenvalue weighted by Crippen LogP contribution is 2.27. The van der Waals surface area contributed by atoms with Gasteiger partial charge < -0.3 is 10.7 Å². The van der Waals surface area contributed by atoms with Crippen molar-refractivity contribution in [1.29, 1.82) is 5.41 Å². The Morgan fingerprint density at radius 3 is 2.08 bits per heavy atom. The molecular weight excluding hydrogens is 148 g/mol. The summed E-state index contributed by atoms with van der Waals surface area (Å²) in [6.07, 6.45) is 2.66. The quantitative estimate of drug-likeness (QED) is 0.611. The molecule has 0 saturated heterocycles. The van der Waals surface area contributed by atoms with E-state index < -0.39 is 0 Å². The third-order valence-electron chi connectivity index (χ3n) is 2.79. The van der Waals surface area contributed by atoms with Crippen LogP contribution in [-0.2, 0) is 0 Å². The predicted octanol–water partition coefficient (Wildman–Crippen LogP) is 2.44. The Morgan fingerprint density at radius 1 is 1.25 bits per heavy atom. The molecule has 12 heavy (non-hydrogen) atoms. The van der Waals surface area contributed by atoms with E-state index in [9.17, 15) is 0 Å². The van der Waals surface area contributed by atoms with Crippen molar-refractivity contribution in [2.24, 2.45) is 5.41 Å². The molecule has 72 valence electrons. The van der Waals surface area contributed by atoms with Gasteiger partial charge in [-0.3, -0.25) is 0 Å². The lowest BCUT2D eigenvalue weighted by atomic mass is 9.75. The van der Waals surface area contributed by atoms with Crippen molar-refractivity contribution in [3.8, 4) is 0 Å². The highest BCUT2D eigenvalue weighted by atomic mass is 15.0. The van der Waals surface area contributed by atoms with Crippen LogP contribution in [0.5, 0.6) is 0 Å². The molecule has 0 radical (unpaired) electrons. The molecule has 0 atom stereocenters. The summed E-state index contributed by atoms with van der Waals surface area (Å²) in [5, 5.41) is 10.8. The molecule has 0 unspecified atom stereocenters. The summed E-state index contributed by atoms with van der Waals surface area (Å²) >= 11 is 0. The molecule has 0 saturated carbocycles. The van der Waals surface area contributed by atoms with Crippen molar-refractivity contribution < 1.29 is 0 Å². The van der Waals surface area contributed by atoms with Gasteiger partial charge in [-0.05, 0) is 26.8 Å². The van der Waals surface area contributed by atoms with Crippen LogP contribution in [0.4, 0.5) is 0 Å². The average molecular weight is 170 g/mol. The van der Waals surface area contributed by atoms with Crippen LogP contribution < -0.4 is 5.32 Å². The Bertz CT molecular complexity index is 148. The fourth-order valence-corrected chi connectivity index (χ4v) is 0.846. The van der Waals surface area contributed by atoms with Gasteiger partial charge in [0.25, 0.3) is 0 Å². The van der Waals surface area contributed by atoms with E-state index in [1.165, 1.54) is 6.21 Å². The largest absolute Gasteiger partial charge is 0.312 e. The smallest absolute Gasteiger partial charge is 0.0225 e. The molecular formula is C10H22N2. The van der Waals surface area contributed by atoms with Crippen LogP contribution >= 0.6 is 0 Å². The van der Waals surface area contributed by atoms with E-state index in [2.05, 4.69) is 39.9 Å². The monoisotopic (exact) mass is 170 g/mol. The van der Waals surface area contributed by atoms with Gasteiger partial charge in [0, 0.05) is 17.2 Å². The lowest BCUT2D eigenvalue weighted by Crippen LogP contribution is -2.52. The first-order valence-corrected chi connectivity index (χ1v) is 4.64. The molecule has 0 heterocycles. The second kappa shape index (κ2) is 4.04. The second-order valence-electron chi connectivity index (χ2n) is 4.42. The summed E-state index contributed by atoms with van der Waals surface area (Å²) in [6.45, 7) is 11.6. The standard InChI is InChI=1S/C10H22N2/c1-6-7-12-10(4,5)9(2,3)8-11/h8,11-12H,6-7H2,1-5H3. The lowest BCUT2D eigenvalue weighted by molar-refractivity contribution is 0.236. The molecule has 0 fully saturated rings. The van der Waals surface area contributed by atoms with Crippen molar-refractivity contribution in [3.05, 3.63) is 0 Å². The minimum Gasteiger partial charge on any atom is -0.312 e. The summed E-state index contributed by atoms with van der Waals surface area (Å²) in [7, 11) is 0. The number of rotatable bonds is 5. The van der Waals surface area contributed by atoms with E-state index in [0.717, 1.165) is 13.0 Å². The molecule has 0 aliphatic rings. The SMILES string of the molecule is CCCNC(C)(C)C(C)(C)C=N. The van der Waals surface area contributed by atoms with Crippen LogP contribution in [0.3, 0.4) is 0 Å². The van der Waals surface area contributed by atoms with Crippen molar-refractivity contribution in [1.82, 2.24) is 5.32 Å². The Labute approximate surface area is 76.3 Å². The summed E-state index contributed by atoms with van der Waals surface area (Å²) in [6, 6.07) is 0. The van der Waals surface area contributed by atoms with E-state index in [1.54, 1.807) is 0 Å². The van der Waals surface area contributed by atoms with Gasteiger partial charge in [0.2, 0.25) is 0 Å². The first-order valence-electron chi connectivity index (χ1n) is 4.64. The van der Waals surface area contributed by atoms with E-state index in [-0.39, 0.29) is 11.0 Å². The van der Waals surface area contributed by atoms with Gasteiger partial charge >= 0.3 is 0 Å². The third kappa shape index (κ3) is 2.59. The van der Waals surface area contributed by atoms with Crippen LogP contribution in [0, 0.1) is 10.8 Å². The molecule has 0 bridgehead atoms. The lowest BCUT2D eigenvalue weighted by Gasteiger charge is -2.39. The minimum atomic E-state index is -0.0812. The molecule has 0 amide bonds. The van der Waals surface area contributed by atoms with Crippen LogP contribution in [0.15, 0.2) is 0 Å². The van der Waals surface area contributed by atoms with Gasteiger partial charge in [-0.15, -0.1) is 0 Å². The molecule has 0 aliphatic heterocycles. The Kier molecular flexibility index (Phi) is 3.91. The van der Waals surface area contributed by atoms with Crippen molar-refractivity contribution >= 4 is 6.21 Å². The maximum Gasteiger partial charge on any atom is 0.0225 e. The normalized spacial score (nSPS) is 13.1. The molecule has 0 aliphatic carbocycles. The molecule has 0 aromatic heterocycles. The summed E-state index contributed by atoms with van der Waals surface area (Å²) in [5.74, 6) is 0. The maximum absolute atomic E-state index is 7.33. The van der Waals surface area contributed by atoms with Gasteiger partial charge in [-0.25, -0.2) is 0 Å². The highest BCUT2D eigenvalue weighted by molar-refractivity contribution is 5.63. The highest BCUT2D eigenvalue weighted by Gasteiger charge is 2.34. The van der Waals surface area contributed by atoms with Crippen LogP contribution in [0.25, 0.3) is 0 Å². The molecule has 0 aromatic rings. The summed E-state index contributed by atoms with van der Waals surface area (Å²) in [4.78, 5) is 0. The molecule has 2 heteroatoms. The van der Waals surface area contributed by atoms with Crippen molar-refractivity contribution in [2.75, 3.05) is 6.54 Å². The van der Waals surface area contributed by atoms with Gasteiger partial charge in [0.1, 0.15) is 0 Å². The van der Waals surface area contributed by atoms with Gasteiger partial charge in [-0.1, -0.05) is 20.8 Å². The fourth-order valence-electron chi connectivity index (χ4n) is 0.846. The number of nitrogens with one attached hydrogen (secondary N) is 2. The topological polar surface area (TPSA) is 35.9 Å². The van der Waals surface area contributed by atoms with Gasteiger partial charge in [0.05, 0.1) is 0 Å². The third-order valence-corrected chi connectivity index (χ3v) is 2.79. The van der Waals surface area contributed by atoms with Crippen LogP contribution in [-0.4, -0.2) is 18.3 Å².